The van der Waals surface area contributed by atoms with Crippen LogP contribution >= 0.6 is 11.3 Å². The molecule has 1 heterocycles. The minimum absolute atomic E-state index is 0.272. The molecule has 118 valence electrons. The van der Waals surface area contributed by atoms with Gasteiger partial charge in [0.15, 0.2) is 0 Å². The van der Waals surface area contributed by atoms with Crippen LogP contribution in [0.2, 0.25) is 0 Å². The molecule has 7 heteroatoms. The highest BCUT2D eigenvalue weighted by atomic mass is 32.1. The minimum atomic E-state index is -1.24. The topological polar surface area (TPSA) is 95.5 Å². The fourth-order valence-electron chi connectivity index (χ4n) is 2.44. The quantitative estimate of drug-likeness (QED) is 0.662. The van der Waals surface area contributed by atoms with Crippen molar-refractivity contribution in [2.75, 3.05) is 12.4 Å². The first-order chi connectivity index (χ1) is 10.4. The van der Waals surface area contributed by atoms with E-state index in [0.717, 1.165) is 4.88 Å². The Hall–Kier alpha value is -2.15. The molecule has 0 saturated carbocycles. The molecular weight excluding hydrogens is 306 g/mol. The summed E-state index contributed by atoms with van der Waals surface area (Å²) in [6.07, 6.45) is 4.13. The number of amides is 1. The number of aryl methyl sites for hydroxylation is 1. The number of rotatable bonds is 4. The highest BCUT2D eigenvalue weighted by Gasteiger charge is 2.31. The number of nitrogens with one attached hydrogen (secondary N) is 1. The van der Waals surface area contributed by atoms with Gasteiger partial charge < -0.3 is 20.0 Å². The van der Waals surface area contributed by atoms with Crippen LogP contribution in [0.5, 0.6) is 0 Å². The minimum Gasteiger partial charge on any atom is -0.550 e. The highest BCUT2D eigenvalue weighted by Crippen LogP contribution is 2.31. The lowest BCUT2D eigenvalue weighted by Crippen LogP contribution is -2.41. The summed E-state index contributed by atoms with van der Waals surface area (Å²) in [6.45, 7) is 1.81. The van der Waals surface area contributed by atoms with E-state index in [4.69, 9.17) is 0 Å². The van der Waals surface area contributed by atoms with Gasteiger partial charge in [-0.1, -0.05) is 12.2 Å². The zero-order valence-corrected chi connectivity index (χ0v) is 13.1. The van der Waals surface area contributed by atoms with Crippen molar-refractivity contribution in [1.29, 1.82) is 0 Å². The van der Waals surface area contributed by atoms with Gasteiger partial charge in [0.1, 0.15) is 5.00 Å². The van der Waals surface area contributed by atoms with E-state index in [1.165, 1.54) is 18.4 Å². The Balaban J connectivity index is 2.20. The number of carbonyl (C=O) groups is 3. The predicted molar refractivity (Wildman–Crippen MR) is 79.4 cm³/mol. The number of thiophene rings is 1. The third-order valence-electron chi connectivity index (χ3n) is 3.57. The van der Waals surface area contributed by atoms with E-state index in [2.05, 4.69) is 10.1 Å². The second-order valence-corrected chi connectivity index (χ2v) is 6.31. The number of methoxy groups -OCH3 is 1. The summed E-state index contributed by atoms with van der Waals surface area (Å²) in [4.78, 5) is 36.1. The molecule has 1 aliphatic carbocycles. The number of aliphatic carboxylic acids is 1. The van der Waals surface area contributed by atoms with E-state index in [9.17, 15) is 19.5 Å². The summed E-state index contributed by atoms with van der Waals surface area (Å²) in [5, 5.41) is 14.2. The average molecular weight is 322 g/mol. The summed E-state index contributed by atoms with van der Waals surface area (Å²) in [7, 11) is 1.26. The second-order valence-electron chi connectivity index (χ2n) is 5.06. The Morgan fingerprint density at radius 3 is 2.50 bits per heavy atom. The maximum Gasteiger partial charge on any atom is 0.340 e. The molecular formula is C15H16NO5S-. The second kappa shape index (κ2) is 6.74. The summed E-state index contributed by atoms with van der Waals surface area (Å²) in [6, 6.07) is 1.63. The lowest BCUT2D eigenvalue weighted by molar-refractivity contribution is -0.313. The first-order valence-electron chi connectivity index (χ1n) is 6.79. The third-order valence-corrected chi connectivity index (χ3v) is 4.54. The van der Waals surface area contributed by atoms with Crippen LogP contribution in [-0.4, -0.2) is 25.0 Å². The van der Waals surface area contributed by atoms with Crippen molar-refractivity contribution >= 4 is 34.2 Å². The van der Waals surface area contributed by atoms with Crippen molar-refractivity contribution < 1.29 is 24.2 Å². The molecule has 1 aromatic rings. The molecule has 0 spiro atoms. The maximum absolute atomic E-state index is 12.4. The molecule has 0 saturated heterocycles. The molecule has 1 N–H and O–H groups in total. The normalized spacial score (nSPS) is 20.5. The van der Waals surface area contributed by atoms with E-state index in [1.807, 2.05) is 0 Å². The first-order valence-corrected chi connectivity index (χ1v) is 7.61. The number of esters is 1. The zero-order chi connectivity index (χ0) is 16.3. The van der Waals surface area contributed by atoms with Crippen molar-refractivity contribution in [3.63, 3.8) is 0 Å². The number of hydrogen-bond acceptors (Lipinski definition) is 6. The van der Waals surface area contributed by atoms with Gasteiger partial charge in [-0.05, 0) is 25.8 Å². The van der Waals surface area contributed by atoms with Crippen molar-refractivity contribution in [3.05, 3.63) is 28.7 Å². The molecule has 2 atom stereocenters. The molecule has 2 rings (SSSR count). The Labute approximate surface area is 131 Å². The molecule has 0 aromatic carbocycles. The molecule has 6 nitrogen and oxygen atoms in total. The number of carbonyl (C=O) groups excluding carboxylic acids is 3. The van der Waals surface area contributed by atoms with Gasteiger partial charge in [0.05, 0.1) is 18.6 Å². The number of carboxylic acid groups (broad SMARTS) is 1. The van der Waals surface area contributed by atoms with Crippen LogP contribution in [-0.2, 0) is 14.3 Å². The average Bonchev–Trinajstić information content (AvgIpc) is 2.86. The standard InChI is InChI=1S/C15H17NO5S/c1-8-7-11(15(20)21-2)13(22-8)16-12(17)9-5-3-4-6-10(9)14(18)19/h3-4,7,9-10H,5-6H2,1-2H3,(H,16,17)(H,18,19)/p-1/t9-,10+/m0/s1. The van der Waals surface area contributed by atoms with E-state index in [1.54, 1.807) is 25.1 Å². The summed E-state index contributed by atoms with van der Waals surface area (Å²) < 4.78 is 4.68. The largest absolute Gasteiger partial charge is 0.550 e. The van der Waals surface area contributed by atoms with Crippen LogP contribution in [0.3, 0.4) is 0 Å². The number of carboxylic acids is 1. The smallest absolute Gasteiger partial charge is 0.340 e. The maximum atomic E-state index is 12.4. The van der Waals surface area contributed by atoms with Gasteiger partial charge in [0, 0.05) is 16.8 Å². The number of ether oxygens (including phenoxy) is 1. The SMILES string of the molecule is COC(=O)c1cc(C)sc1NC(=O)[C@H]1CC=CC[C@H]1C(=O)[O-]. The van der Waals surface area contributed by atoms with Crippen molar-refractivity contribution in [1.82, 2.24) is 0 Å². The summed E-state index contributed by atoms with van der Waals surface area (Å²) >= 11 is 1.25. The van der Waals surface area contributed by atoms with Crippen LogP contribution < -0.4 is 10.4 Å². The van der Waals surface area contributed by atoms with Crippen LogP contribution in [0.4, 0.5) is 5.00 Å². The Morgan fingerprint density at radius 1 is 1.27 bits per heavy atom. The molecule has 22 heavy (non-hydrogen) atoms. The van der Waals surface area contributed by atoms with Crippen LogP contribution in [0.15, 0.2) is 18.2 Å². The Bertz CT molecular complexity index is 634. The van der Waals surface area contributed by atoms with Gasteiger partial charge in [-0.3, -0.25) is 4.79 Å². The molecule has 0 bridgehead atoms. The van der Waals surface area contributed by atoms with Crippen LogP contribution in [0.25, 0.3) is 0 Å². The predicted octanol–water partition coefficient (Wildman–Crippen LogP) is 1.11. The molecule has 0 radical (unpaired) electrons. The molecule has 0 fully saturated rings. The molecule has 1 aliphatic rings. The lowest BCUT2D eigenvalue weighted by atomic mass is 9.82. The number of anilines is 1. The fourth-order valence-corrected chi connectivity index (χ4v) is 3.34. The van der Waals surface area contributed by atoms with E-state index >= 15 is 0 Å². The first kappa shape index (κ1) is 16.2. The fraction of sp³-hybridized carbons (Fsp3) is 0.400. The van der Waals surface area contributed by atoms with Crippen molar-refractivity contribution in [2.24, 2.45) is 11.8 Å². The zero-order valence-electron chi connectivity index (χ0n) is 12.3. The molecule has 1 aromatic heterocycles. The van der Waals surface area contributed by atoms with Gasteiger partial charge in [-0.25, -0.2) is 4.79 Å². The van der Waals surface area contributed by atoms with Crippen LogP contribution in [0.1, 0.15) is 28.1 Å². The van der Waals surface area contributed by atoms with E-state index in [-0.39, 0.29) is 12.0 Å². The van der Waals surface area contributed by atoms with Gasteiger partial charge >= 0.3 is 5.97 Å². The number of allylic oxidation sites excluding steroid dienone is 2. The van der Waals surface area contributed by atoms with Gasteiger partial charge in [0.2, 0.25) is 5.91 Å². The Kier molecular flexibility index (Phi) is 4.97. The molecule has 0 unspecified atom stereocenters. The summed E-state index contributed by atoms with van der Waals surface area (Å²) in [5.41, 5.74) is 0.273. The van der Waals surface area contributed by atoms with E-state index < -0.39 is 29.7 Å². The van der Waals surface area contributed by atoms with Gasteiger partial charge in [0.25, 0.3) is 0 Å². The van der Waals surface area contributed by atoms with Gasteiger partial charge in [-0.15, -0.1) is 11.3 Å². The van der Waals surface area contributed by atoms with Crippen molar-refractivity contribution in [3.8, 4) is 0 Å². The molecule has 0 aliphatic heterocycles. The van der Waals surface area contributed by atoms with Crippen molar-refractivity contribution in [2.45, 2.75) is 19.8 Å². The van der Waals surface area contributed by atoms with Gasteiger partial charge in [-0.2, -0.15) is 0 Å². The Morgan fingerprint density at radius 2 is 1.91 bits per heavy atom. The van der Waals surface area contributed by atoms with Crippen LogP contribution in [0, 0.1) is 18.8 Å². The number of hydrogen-bond donors (Lipinski definition) is 1. The lowest BCUT2D eigenvalue weighted by Gasteiger charge is -2.28. The monoisotopic (exact) mass is 322 g/mol. The molecule has 1 amide bonds. The van der Waals surface area contributed by atoms with E-state index in [0.29, 0.717) is 11.4 Å². The highest BCUT2D eigenvalue weighted by molar-refractivity contribution is 7.16. The summed E-state index contributed by atoms with van der Waals surface area (Å²) in [5.74, 6) is -3.76. The third kappa shape index (κ3) is 3.36.